The van der Waals surface area contributed by atoms with E-state index < -0.39 is 0 Å². The van der Waals surface area contributed by atoms with E-state index in [1.54, 1.807) is 7.05 Å². The average Bonchev–Trinajstić information content (AvgIpc) is 2.41. The Balaban J connectivity index is 2.19. The molecule has 1 aromatic rings. The van der Waals surface area contributed by atoms with Crippen molar-refractivity contribution in [2.75, 3.05) is 45.2 Å². The summed E-state index contributed by atoms with van der Waals surface area (Å²) in [6, 6.07) is 8.36. The van der Waals surface area contributed by atoms with Gasteiger partial charge in [-0.25, -0.2) is 4.99 Å². The minimum absolute atomic E-state index is 0.700. The van der Waals surface area contributed by atoms with Gasteiger partial charge in [-0.2, -0.15) is 0 Å². The number of hydrogen-bond donors (Lipinski definition) is 0. The van der Waals surface area contributed by atoms with Crippen LogP contribution in [-0.4, -0.2) is 57.7 Å². The molecule has 0 unspecified atom stereocenters. The van der Waals surface area contributed by atoms with Gasteiger partial charge in [-0.05, 0) is 25.9 Å². The second-order valence-electron chi connectivity index (χ2n) is 4.55. The molecule has 0 aromatic heterocycles. The fourth-order valence-corrected chi connectivity index (χ4v) is 2.20. The van der Waals surface area contributed by atoms with Crippen molar-refractivity contribution in [3.05, 3.63) is 29.8 Å². The van der Waals surface area contributed by atoms with E-state index >= 15 is 0 Å². The fourth-order valence-electron chi connectivity index (χ4n) is 2.20. The highest BCUT2D eigenvalue weighted by Gasteiger charge is 2.14. The van der Waals surface area contributed by atoms with Crippen molar-refractivity contribution in [3.63, 3.8) is 0 Å². The Morgan fingerprint density at radius 1 is 1.22 bits per heavy atom. The van der Waals surface area contributed by atoms with Crippen LogP contribution in [0.15, 0.2) is 34.3 Å². The molecule has 0 bridgehead atoms. The Morgan fingerprint density at radius 3 is 2.56 bits per heavy atom. The van der Waals surface area contributed by atoms with Gasteiger partial charge in [0.05, 0.1) is 0 Å². The Morgan fingerprint density at radius 2 is 1.94 bits per heavy atom. The normalized spacial score (nSPS) is 17.9. The molecule has 96 valence electrons. The van der Waals surface area contributed by atoms with Gasteiger partial charge in [0.2, 0.25) is 0 Å². The third kappa shape index (κ3) is 2.76. The van der Waals surface area contributed by atoms with Crippen molar-refractivity contribution in [1.29, 1.82) is 0 Å². The lowest BCUT2D eigenvalue weighted by molar-refractivity contribution is 0.313. The van der Waals surface area contributed by atoms with E-state index in [1.165, 1.54) is 5.69 Å². The van der Waals surface area contributed by atoms with Crippen LogP contribution in [0.4, 0.5) is 5.69 Å². The van der Waals surface area contributed by atoms with Crippen molar-refractivity contribution in [2.45, 2.75) is 0 Å². The summed E-state index contributed by atoms with van der Waals surface area (Å²) < 4.78 is 0. The van der Waals surface area contributed by atoms with Crippen LogP contribution in [0, 0.1) is 0 Å². The van der Waals surface area contributed by atoms with Crippen LogP contribution in [0.5, 0.6) is 0 Å². The third-order valence-corrected chi connectivity index (χ3v) is 3.33. The van der Waals surface area contributed by atoms with Gasteiger partial charge in [-0.3, -0.25) is 4.99 Å². The SMILES string of the molecule is C=NC(=NC)c1cccc(N2CCN(C)CC2)c1. The highest BCUT2D eigenvalue weighted by molar-refractivity contribution is 6.01. The number of aliphatic imine (C=N–C) groups is 2. The number of benzene rings is 1. The van der Waals surface area contributed by atoms with E-state index in [4.69, 9.17) is 0 Å². The molecule has 0 radical (unpaired) electrons. The van der Waals surface area contributed by atoms with E-state index in [2.05, 4.69) is 51.7 Å². The van der Waals surface area contributed by atoms with Crippen LogP contribution < -0.4 is 4.90 Å². The van der Waals surface area contributed by atoms with Gasteiger partial charge < -0.3 is 9.80 Å². The Labute approximate surface area is 109 Å². The summed E-state index contributed by atoms with van der Waals surface area (Å²) in [5, 5.41) is 0. The quantitative estimate of drug-likeness (QED) is 0.583. The van der Waals surface area contributed by atoms with Gasteiger partial charge in [0.1, 0.15) is 0 Å². The van der Waals surface area contributed by atoms with Gasteiger partial charge in [0, 0.05) is 44.5 Å². The lowest BCUT2D eigenvalue weighted by atomic mass is 10.1. The molecule has 18 heavy (non-hydrogen) atoms. The van der Waals surface area contributed by atoms with Gasteiger partial charge >= 0.3 is 0 Å². The molecule has 1 saturated heterocycles. The molecule has 1 aliphatic rings. The lowest BCUT2D eigenvalue weighted by Crippen LogP contribution is -2.44. The maximum Gasteiger partial charge on any atom is 0.153 e. The molecule has 0 atom stereocenters. The van der Waals surface area contributed by atoms with Crippen molar-refractivity contribution in [2.24, 2.45) is 9.98 Å². The van der Waals surface area contributed by atoms with Crippen molar-refractivity contribution in [1.82, 2.24) is 4.90 Å². The summed E-state index contributed by atoms with van der Waals surface area (Å²) in [6.45, 7) is 7.92. The maximum atomic E-state index is 4.14. The predicted octanol–water partition coefficient (Wildman–Crippen LogP) is 1.52. The van der Waals surface area contributed by atoms with E-state index in [0.717, 1.165) is 31.7 Å². The van der Waals surface area contributed by atoms with Crippen LogP contribution in [0.2, 0.25) is 0 Å². The Bertz CT molecular complexity index is 445. The van der Waals surface area contributed by atoms with Crippen LogP contribution >= 0.6 is 0 Å². The summed E-state index contributed by atoms with van der Waals surface area (Å²) in [7, 11) is 3.91. The van der Waals surface area contributed by atoms with E-state index in [0.29, 0.717) is 5.84 Å². The average molecular weight is 244 g/mol. The number of likely N-dealkylation sites (N-methyl/N-ethyl adjacent to an activating group) is 1. The number of anilines is 1. The standard InChI is InChI=1S/C14H20N4/c1-15-14(16-2)12-5-4-6-13(11-12)18-9-7-17(3)8-10-18/h4-6,11H,1,7-10H2,2-3H3. The van der Waals surface area contributed by atoms with E-state index in [1.807, 2.05) is 6.07 Å². The zero-order chi connectivity index (χ0) is 13.0. The molecule has 0 spiro atoms. The van der Waals surface area contributed by atoms with Crippen molar-refractivity contribution in [3.8, 4) is 0 Å². The molecule has 0 aliphatic carbocycles. The molecular formula is C14H20N4. The lowest BCUT2D eigenvalue weighted by Gasteiger charge is -2.34. The smallest absolute Gasteiger partial charge is 0.153 e. The van der Waals surface area contributed by atoms with E-state index in [-0.39, 0.29) is 0 Å². The van der Waals surface area contributed by atoms with Gasteiger partial charge in [-0.15, -0.1) is 0 Å². The first-order valence-electron chi connectivity index (χ1n) is 6.22. The number of nitrogens with zero attached hydrogens (tertiary/aromatic N) is 4. The minimum Gasteiger partial charge on any atom is -0.369 e. The fraction of sp³-hybridized carbons (Fsp3) is 0.429. The molecule has 1 aliphatic heterocycles. The highest BCUT2D eigenvalue weighted by Crippen LogP contribution is 2.18. The van der Waals surface area contributed by atoms with Crippen molar-refractivity contribution >= 4 is 18.2 Å². The molecule has 0 saturated carbocycles. The molecule has 0 amide bonds. The largest absolute Gasteiger partial charge is 0.369 e. The monoisotopic (exact) mass is 244 g/mol. The van der Waals surface area contributed by atoms with Gasteiger partial charge in [0.15, 0.2) is 5.84 Å². The van der Waals surface area contributed by atoms with Crippen LogP contribution in [0.3, 0.4) is 0 Å². The number of piperazine rings is 1. The number of amidine groups is 1. The zero-order valence-corrected chi connectivity index (χ0v) is 11.1. The van der Waals surface area contributed by atoms with Gasteiger partial charge in [0.25, 0.3) is 0 Å². The first-order valence-corrected chi connectivity index (χ1v) is 6.22. The van der Waals surface area contributed by atoms with Gasteiger partial charge in [-0.1, -0.05) is 12.1 Å². The van der Waals surface area contributed by atoms with Crippen LogP contribution in [0.25, 0.3) is 0 Å². The number of hydrogen-bond acceptors (Lipinski definition) is 3. The van der Waals surface area contributed by atoms with Crippen molar-refractivity contribution < 1.29 is 0 Å². The summed E-state index contributed by atoms with van der Waals surface area (Å²) >= 11 is 0. The topological polar surface area (TPSA) is 31.2 Å². The molecule has 0 N–H and O–H groups in total. The van der Waals surface area contributed by atoms with Crippen LogP contribution in [-0.2, 0) is 0 Å². The summed E-state index contributed by atoms with van der Waals surface area (Å²) in [5.41, 5.74) is 2.27. The second kappa shape index (κ2) is 5.78. The third-order valence-electron chi connectivity index (χ3n) is 3.33. The molecule has 4 nitrogen and oxygen atoms in total. The number of rotatable bonds is 2. The highest BCUT2D eigenvalue weighted by atomic mass is 15.2. The predicted molar refractivity (Wildman–Crippen MR) is 78.2 cm³/mol. The van der Waals surface area contributed by atoms with Crippen LogP contribution in [0.1, 0.15) is 5.56 Å². The molecule has 4 heteroatoms. The first-order chi connectivity index (χ1) is 8.74. The minimum atomic E-state index is 0.700. The Hall–Kier alpha value is -1.68. The summed E-state index contributed by atoms with van der Waals surface area (Å²) in [6.07, 6.45) is 0. The molecule has 2 rings (SSSR count). The summed E-state index contributed by atoms with van der Waals surface area (Å²) in [4.78, 5) is 12.8. The zero-order valence-electron chi connectivity index (χ0n) is 11.1. The molecule has 1 fully saturated rings. The second-order valence-corrected chi connectivity index (χ2v) is 4.55. The molecule has 1 heterocycles. The summed E-state index contributed by atoms with van der Waals surface area (Å²) in [5.74, 6) is 0.700. The Kier molecular flexibility index (Phi) is 4.10. The van der Waals surface area contributed by atoms with E-state index in [9.17, 15) is 0 Å². The first kappa shape index (κ1) is 12.8. The maximum absolute atomic E-state index is 4.14. The molecule has 1 aromatic carbocycles. The molecular weight excluding hydrogens is 224 g/mol.